The number of rotatable bonds is 5. The lowest BCUT2D eigenvalue weighted by Crippen LogP contribution is -2.14. The van der Waals surface area contributed by atoms with Crippen LogP contribution in [0.25, 0.3) is 0 Å². The minimum atomic E-state index is -4.53. The number of fused-ring (bicyclic) bond motifs is 1. The highest BCUT2D eigenvalue weighted by Crippen LogP contribution is 2.41. The molecular formula is C19H17F3N2OS. The molecule has 0 N–H and O–H groups in total. The van der Waals surface area contributed by atoms with Crippen molar-refractivity contribution in [3.63, 3.8) is 0 Å². The lowest BCUT2D eigenvalue weighted by atomic mass is 10.0. The number of nitrogens with zero attached hydrogens (tertiary/aromatic N) is 2. The number of methoxy groups -OCH3 is 1. The number of benzene rings is 1. The van der Waals surface area contributed by atoms with Crippen LogP contribution in [0.1, 0.15) is 34.4 Å². The quantitative estimate of drug-likeness (QED) is 0.701. The standard InChI is InChI=1S/C19H17F3N2OS/c1-25-13-7-5-12(6-8-13)9-10-26-18-15(11-23)17(19(20,21)22)14-3-2-4-16(14)24-18/h5-8H,2-4,9-10H2,1H3. The monoisotopic (exact) mass is 378 g/mol. The van der Waals surface area contributed by atoms with Crippen molar-refractivity contribution in [3.8, 4) is 11.8 Å². The summed E-state index contributed by atoms with van der Waals surface area (Å²) < 4.78 is 45.7. The van der Waals surface area contributed by atoms with E-state index in [1.807, 2.05) is 24.3 Å². The second-order valence-electron chi connectivity index (χ2n) is 6.00. The molecule has 0 atom stereocenters. The van der Waals surface area contributed by atoms with Gasteiger partial charge in [-0.05, 0) is 48.9 Å². The summed E-state index contributed by atoms with van der Waals surface area (Å²) in [7, 11) is 1.59. The van der Waals surface area contributed by atoms with Gasteiger partial charge < -0.3 is 4.74 Å². The molecular weight excluding hydrogens is 361 g/mol. The fourth-order valence-corrected chi connectivity index (χ4v) is 4.13. The highest BCUT2D eigenvalue weighted by atomic mass is 32.2. The van der Waals surface area contributed by atoms with Crippen molar-refractivity contribution < 1.29 is 17.9 Å². The van der Waals surface area contributed by atoms with Gasteiger partial charge in [-0.15, -0.1) is 11.8 Å². The van der Waals surface area contributed by atoms with E-state index in [9.17, 15) is 18.4 Å². The molecule has 1 aliphatic rings. The van der Waals surface area contributed by atoms with Gasteiger partial charge in [0.05, 0.1) is 18.2 Å². The van der Waals surface area contributed by atoms with Crippen molar-refractivity contribution in [3.05, 3.63) is 52.2 Å². The molecule has 3 rings (SSSR count). The maximum Gasteiger partial charge on any atom is 0.418 e. The lowest BCUT2D eigenvalue weighted by molar-refractivity contribution is -0.138. The van der Waals surface area contributed by atoms with Crippen LogP contribution in [0.15, 0.2) is 29.3 Å². The number of thioether (sulfide) groups is 1. The Balaban J connectivity index is 1.82. The second kappa shape index (κ2) is 7.58. The third kappa shape index (κ3) is 3.80. The van der Waals surface area contributed by atoms with Crippen LogP contribution in [-0.2, 0) is 25.4 Å². The first kappa shape index (κ1) is 18.6. The molecule has 136 valence electrons. The zero-order valence-corrected chi connectivity index (χ0v) is 15.0. The largest absolute Gasteiger partial charge is 0.497 e. The molecule has 2 aromatic rings. The van der Waals surface area contributed by atoms with Gasteiger partial charge in [0.15, 0.2) is 0 Å². The molecule has 0 saturated carbocycles. The molecule has 3 nitrogen and oxygen atoms in total. The first-order valence-corrected chi connectivity index (χ1v) is 9.21. The van der Waals surface area contributed by atoms with E-state index < -0.39 is 11.7 Å². The minimum absolute atomic E-state index is 0.189. The maximum atomic E-state index is 13.5. The number of hydrogen-bond donors (Lipinski definition) is 0. The van der Waals surface area contributed by atoms with Crippen molar-refractivity contribution in [2.75, 3.05) is 12.9 Å². The summed E-state index contributed by atoms with van der Waals surface area (Å²) in [6.07, 6.45) is -2.34. The second-order valence-corrected chi connectivity index (χ2v) is 7.09. The average Bonchev–Trinajstić information content (AvgIpc) is 3.08. The molecule has 0 fully saturated rings. The van der Waals surface area contributed by atoms with Crippen LogP contribution in [-0.4, -0.2) is 17.8 Å². The van der Waals surface area contributed by atoms with E-state index in [1.54, 1.807) is 13.2 Å². The summed E-state index contributed by atoms with van der Waals surface area (Å²) in [4.78, 5) is 4.38. The number of alkyl halides is 3. The number of aromatic nitrogens is 1. The molecule has 1 aromatic carbocycles. The van der Waals surface area contributed by atoms with Gasteiger partial charge in [-0.25, -0.2) is 4.98 Å². The van der Waals surface area contributed by atoms with Gasteiger partial charge in [-0.2, -0.15) is 18.4 Å². The van der Waals surface area contributed by atoms with E-state index in [0.717, 1.165) is 11.3 Å². The van der Waals surface area contributed by atoms with Crippen LogP contribution in [0.3, 0.4) is 0 Å². The first-order chi connectivity index (χ1) is 12.4. The highest BCUT2D eigenvalue weighted by molar-refractivity contribution is 7.99. The summed E-state index contributed by atoms with van der Waals surface area (Å²) in [5.74, 6) is 1.30. The fraction of sp³-hybridized carbons (Fsp3) is 0.368. The summed E-state index contributed by atoms with van der Waals surface area (Å²) in [5, 5.41) is 9.54. The number of pyridine rings is 1. The molecule has 0 bridgehead atoms. The van der Waals surface area contributed by atoms with E-state index in [2.05, 4.69) is 4.98 Å². The van der Waals surface area contributed by atoms with Crippen molar-refractivity contribution in [1.82, 2.24) is 4.98 Å². The van der Waals surface area contributed by atoms with Gasteiger partial charge >= 0.3 is 6.18 Å². The zero-order valence-electron chi connectivity index (χ0n) is 14.2. The Morgan fingerprint density at radius 3 is 2.58 bits per heavy atom. The summed E-state index contributed by atoms with van der Waals surface area (Å²) in [6.45, 7) is 0. The minimum Gasteiger partial charge on any atom is -0.497 e. The van der Waals surface area contributed by atoms with Crippen LogP contribution in [0.5, 0.6) is 5.75 Å². The van der Waals surface area contributed by atoms with E-state index in [4.69, 9.17) is 4.74 Å². The molecule has 7 heteroatoms. The third-order valence-corrected chi connectivity index (χ3v) is 5.35. The smallest absolute Gasteiger partial charge is 0.418 e. The van der Waals surface area contributed by atoms with E-state index in [-0.39, 0.29) is 16.2 Å². The van der Waals surface area contributed by atoms with Gasteiger partial charge in [0.2, 0.25) is 0 Å². The highest BCUT2D eigenvalue weighted by Gasteiger charge is 2.40. The predicted octanol–water partition coefficient (Wildman–Crippen LogP) is 4.80. The van der Waals surface area contributed by atoms with Gasteiger partial charge in [0.1, 0.15) is 16.8 Å². The average molecular weight is 378 g/mol. The Hall–Kier alpha value is -2.20. The molecule has 0 unspecified atom stereocenters. The fourth-order valence-electron chi connectivity index (χ4n) is 3.14. The van der Waals surface area contributed by atoms with Crippen LogP contribution < -0.4 is 4.74 Å². The van der Waals surface area contributed by atoms with Crippen molar-refractivity contribution in [2.24, 2.45) is 0 Å². The van der Waals surface area contributed by atoms with E-state index >= 15 is 0 Å². The van der Waals surface area contributed by atoms with Gasteiger partial charge in [-0.3, -0.25) is 0 Å². The molecule has 0 amide bonds. The Labute approximate surface area is 154 Å². The van der Waals surface area contributed by atoms with Crippen LogP contribution >= 0.6 is 11.8 Å². The van der Waals surface area contributed by atoms with Gasteiger partial charge in [0, 0.05) is 11.4 Å². The molecule has 1 aliphatic carbocycles. The Morgan fingerprint density at radius 1 is 1.23 bits per heavy atom. The summed E-state index contributed by atoms with van der Waals surface area (Å²) in [6, 6.07) is 9.27. The van der Waals surface area contributed by atoms with Crippen molar-refractivity contribution in [1.29, 1.82) is 5.26 Å². The SMILES string of the molecule is COc1ccc(CCSc2nc3c(c(C(F)(F)F)c2C#N)CCC3)cc1. The molecule has 0 saturated heterocycles. The topological polar surface area (TPSA) is 45.9 Å². The third-order valence-electron chi connectivity index (χ3n) is 4.37. The summed E-state index contributed by atoms with van der Waals surface area (Å²) >= 11 is 1.21. The number of hydrogen-bond acceptors (Lipinski definition) is 4. The molecule has 26 heavy (non-hydrogen) atoms. The van der Waals surface area contributed by atoms with Gasteiger partial charge in [0.25, 0.3) is 0 Å². The van der Waals surface area contributed by atoms with Gasteiger partial charge in [-0.1, -0.05) is 12.1 Å². The van der Waals surface area contributed by atoms with E-state index in [1.165, 1.54) is 11.8 Å². The number of aryl methyl sites for hydroxylation is 2. The molecule has 1 heterocycles. The molecule has 1 aromatic heterocycles. The predicted molar refractivity (Wildman–Crippen MR) is 93.4 cm³/mol. The Bertz CT molecular complexity index is 842. The molecule has 0 aliphatic heterocycles. The van der Waals surface area contributed by atoms with Crippen molar-refractivity contribution in [2.45, 2.75) is 36.9 Å². The number of halogens is 3. The van der Waals surface area contributed by atoms with Crippen LogP contribution in [0, 0.1) is 11.3 Å². The zero-order chi connectivity index (χ0) is 18.7. The summed E-state index contributed by atoms with van der Waals surface area (Å²) in [5.41, 5.74) is 0.623. The number of ether oxygens (including phenoxy) is 1. The normalized spacial score (nSPS) is 13.3. The van der Waals surface area contributed by atoms with Crippen LogP contribution in [0.2, 0.25) is 0 Å². The van der Waals surface area contributed by atoms with E-state index in [0.29, 0.717) is 37.1 Å². The van der Waals surface area contributed by atoms with Crippen LogP contribution in [0.4, 0.5) is 13.2 Å². The van der Waals surface area contributed by atoms with Crippen molar-refractivity contribution >= 4 is 11.8 Å². The Morgan fingerprint density at radius 2 is 1.96 bits per heavy atom. The molecule has 0 radical (unpaired) electrons. The number of nitriles is 1. The molecule has 0 spiro atoms. The first-order valence-electron chi connectivity index (χ1n) is 8.22. The lowest BCUT2D eigenvalue weighted by Gasteiger charge is -2.16. The Kier molecular flexibility index (Phi) is 5.42. The maximum absolute atomic E-state index is 13.5.